The van der Waals surface area contributed by atoms with E-state index in [4.69, 9.17) is 28.4 Å². The Morgan fingerprint density at radius 1 is 0.833 bits per heavy atom. The zero-order valence-electron chi connectivity index (χ0n) is 28.1. The minimum atomic E-state index is -1.63. The summed E-state index contributed by atoms with van der Waals surface area (Å²) in [5, 5.41) is 12.3. The largest absolute Gasteiger partial charge is 0.492 e. The van der Waals surface area contributed by atoms with Crippen LogP contribution in [0.15, 0.2) is 60.7 Å². The van der Waals surface area contributed by atoms with E-state index >= 15 is 4.39 Å². The van der Waals surface area contributed by atoms with Crippen LogP contribution in [-0.4, -0.2) is 62.0 Å². The van der Waals surface area contributed by atoms with Crippen LogP contribution in [0.2, 0.25) is 0 Å². The predicted molar refractivity (Wildman–Crippen MR) is 179 cm³/mol. The van der Waals surface area contributed by atoms with E-state index in [-0.39, 0.29) is 17.6 Å². The number of nitrogens with zero attached hydrogens (tertiary/aromatic N) is 1. The molecular formula is C39H48FNO7. The molecule has 0 spiro atoms. The monoisotopic (exact) mass is 661 g/mol. The van der Waals surface area contributed by atoms with Crippen molar-refractivity contribution in [3.05, 3.63) is 83.2 Å². The van der Waals surface area contributed by atoms with Crippen molar-refractivity contribution in [3.63, 3.8) is 0 Å². The van der Waals surface area contributed by atoms with Gasteiger partial charge in [0.1, 0.15) is 47.1 Å². The summed E-state index contributed by atoms with van der Waals surface area (Å²) in [4.78, 5) is 2.44. The molecule has 0 saturated carbocycles. The van der Waals surface area contributed by atoms with Gasteiger partial charge in [0.25, 0.3) is 0 Å². The SMILES string of the molecule is C[C@@H]1CCN(CCOc2ccc(C3Oc4cc(OC5CCCCO5)cc(F)c4C(C)(O)C3c3ccc(OC4CCCCO4)cc3)cc2)C1. The van der Waals surface area contributed by atoms with Crippen LogP contribution in [0, 0.1) is 11.7 Å². The molecule has 0 bridgehead atoms. The number of ether oxygens (including phenoxy) is 6. The van der Waals surface area contributed by atoms with Crippen molar-refractivity contribution in [2.45, 2.75) is 89.0 Å². The first-order valence-corrected chi connectivity index (χ1v) is 17.7. The van der Waals surface area contributed by atoms with Crippen LogP contribution in [-0.2, 0) is 15.1 Å². The number of benzene rings is 3. The Kier molecular flexibility index (Phi) is 10.1. The zero-order chi connectivity index (χ0) is 33.1. The number of rotatable bonds is 10. The summed E-state index contributed by atoms with van der Waals surface area (Å²) >= 11 is 0. The second kappa shape index (κ2) is 14.6. The Morgan fingerprint density at radius 3 is 2.10 bits per heavy atom. The minimum Gasteiger partial charge on any atom is -0.492 e. The molecular weight excluding hydrogens is 613 g/mol. The first kappa shape index (κ1) is 33.1. The number of likely N-dealkylation sites (tertiary alicyclic amines) is 1. The van der Waals surface area contributed by atoms with Crippen LogP contribution in [0.1, 0.15) is 87.5 Å². The van der Waals surface area contributed by atoms with Crippen LogP contribution in [0.5, 0.6) is 23.0 Å². The van der Waals surface area contributed by atoms with Crippen LogP contribution in [0.25, 0.3) is 0 Å². The molecule has 3 aromatic rings. The fourth-order valence-electron chi connectivity index (χ4n) is 7.57. The first-order chi connectivity index (χ1) is 23.3. The van der Waals surface area contributed by atoms with Crippen molar-refractivity contribution in [3.8, 4) is 23.0 Å². The average molecular weight is 662 g/mol. The van der Waals surface area contributed by atoms with Crippen LogP contribution in [0.4, 0.5) is 4.39 Å². The topological polar surface area (TPSA) is 78.9 Å². The fourth-order valence-corrected chi connectivity index (χ4v) is 7.57. The van der Waals surface area contributed by atoms with Gasteiger partial charge in [0.15, 0.2) is 12.6 Å². The van der Waals surface area contributed by atoms with Gasteiger partial charge in [-0.2, -0.15) is 0 Å². The Hall–Kier alpha value is -3.37. The lowest BCUT2D eigenvalue weighted by Gasteiger charge is -2.44. The Morgan fingerprint density at radius 2 is 1.48 bits per heavy atom. The first-order valence-electron chi connectivity index (χ1n) is 17.7. The third-order valence-electron chi connectivity index (χ3n) is 10.1. The van der Waals surface area contributed by atoms with Gasteiger partial charge in [-0.1, -0.05) is 31.2 Å². The molecule has 6 atom stereocenters. The Balaban J connectivity index is 1.16. The fraction of sp³-hybridized carbons (Fsp3) is 0.538. The van der Waals surface area contributed by atoms with E-state index in [0.29, 0.717) is 31.3 Å². The molecule has 0 aliphatic carbocycles. The summed E-state index contributed by atoms with van der Waals surface area (Å²) in [7, 11) is 0. The van der Waals surface area contributed by atoms with E-state index < -0.39 is 29.7 Å². The Bertz CT molecular complexity index is 1500. The molecule has 0 aromatic heterocycles. The van der Waals surface area contributed by atoms with E-state index in [1.807, 2.05) is 48.5 Å². The number of fused-ring (bicyclic) bond motifs is 1. The average Bonchev–Trinajstić information content (AvgIpc) is 3.50. The van der Waals surface area contributed by atoms with E-state index in [0.717, 1.165) is 81.0 Å². The lowest BCUT2D eigenvalue weighted by atomic mass is 9.71. The van der Waals surface area contributed by atoms with Gasteiger partial charge in [-0.25, -0.2) is 4.39 Å². The molecule has 48 heavy (non-hydrogen) atoms. The summed E-state index contributed by atoms with van der Waals surface area (Å²) in [6.07, 6.45) is 5.56. The molecule has 3 fully saturated rings. The van der Waals surface area contributed by atoms with Gasteiger partial charge in [-0.05, 0) is 86.9 Å². The van der Waals surface area contributed by atoms with E-state index in [1.165, 1.54) is 12.5 Å². The Labute approximate surface area is 283 Å². The third kappa shape index (κ3) is 7.44. The van der Waals surface area contributed by atoms with E-state index in [2.05, 4.69) is 11.8 Å². The highest BCUT2D eigenvalue weighted by Crippen LogP contribution is 2.55. The van der Waals surface area contributed by atoms with E-state index in [1.54, 1.807) is 13.0 Å². The zero-order valence-corrected chi connectivity index (χ0v) is 28.1. The van der Waals surface area contributed by atoms with Crippen molar-refractivity contribution in [1.82, 2.24) is 4.90 Å². The standard InChI is InChI=1S/C39H48FNO7/c1-26-17-18-41(25-26)19-22-43-29-13-11-28(12-14-29)38-36(27-9-15-30(16-10-27)46-34-7-3-5-20-44-34)39(2,42)37-32(40)23-31(24-33(37)48-38)47-35-8-4-6-21-45-35/h9-16,23-24,26,34-36,38,42H,3-8,17-22,25H2,1-2H3/t26-,34?,35?,36?,38?,39?/m1/s1. The molecule has 0 radical (unpaired) electrons. The molecule has 9 heteroatoms. The van der Waals surface area contributed by atoms with E-state index in [9.17, 15) is 5.11 Å². The highest BCUT2D eigenvalue weighted by molar-refractivity contribution is 5.51. The lowest BCUT2D eigenvalue weighted by molar-refractivity contribution is -0.106. The maximum absolute atomic E-state index is 16.0. The van der Waals surface area contributed by atoms with Gasteiger partial charge in [0.2, 0.25) is 0 Å². The minimum absolute atomic E-state index is 0.104. The molecule has 8 nitrogen and oxygen atoms in total. The molecule has 4 heterocycles. The normalized spacial score (nSPS) is 29.1. The number of halogens is 1. The molecule has 3 aromatic carbocycles. The van der Waals surface area contributed by atoms with Crippen LogP contribution in [0.3, 0.4) is 0 Å². The molecule has 4 aliphatic heterocycles. The number of hydrogen-bond donors (Lipinski definition) is 1. The van der Waals surface area contributed by atoms with Crippen molar-refractivity contribution < 1.29 is 37.9 Å². The predicted octanol–water partition coefficient (Wildman–Crippen LogP) is 7.48. The second-order valence-corrected chi connectivity index (χ2v) is 14.0. The number of aliphatic hydroxyl groups is 1. The molecule has 3 saturated heterocycles. The highest BCUT2D eigenvalue weighted by atomic mass is 19.1. The van der Waals surface area contributed by atoms with Gasteiger partial charge < -0.3 is 33.5 Å². The molecule has 7 rings (SSSR count). The van der Waals surface area contributed by atoms with Gasteiger partial charge in [-0.3, -0.25) is 4.90 Å². The summed E-state index contributed by atoms with van der Waals surface area (Å²) in [5.41, 5.74) is 0.111. The van der Waals surface area contributed by atoms with Gasteiger partial charge in [-0.15, -0.1) is 0 Å². The maximum atomic E-state index is 16.0. The van der Waals surface area contributed by atoms with Gasteiger partial charge in [0, 0.05) is 38.1 Å². The summed E-state index contributed by atoms with van der Waals surface area (Å²) in [6, 6.07) is 18.4. The van der Waals surface area contributed by atoms with Crippen molar-refractivity contribution in [1.29, 1.82) is 0 Å². The van der Waals surface area contributed by atoms with Crippen LogP contribution < -0.4 is 18.9 Å². The number of hydrogen-bond acceptors (Lipinski definition) is 8. The molecule has 258 valence electrons. The van der Waals surface area contributed by atoms with Gasteiger partial charge >= 0.3 is 0 Å². The summed E-state index contributed by atoms with van der Waals surface area (Å²) in [6.45, 7) is 9.01. The molecule has 4 aliphatic rings. The van der Waals surface area contributed by atoms with Crippen molar-refractivity contribution in [2.24, 2.45) is 5.92 Å². The maximum Gasteiger partial charge on any atom is 0.199 e. The summed E-state index contributed by atoms with van der Waals surface area (Å²) < 4.78 is 52.4. The molecule has 5 unspecified atom stereocenters. The summed E-state index contributed by atoms with van der Waals surface area (Å²) in [5.74, 6) is 1.53. The van der Waals surface area contributed by atoms with Crippen molar-refractivity contribution in [2.75, 3.05) is 39.5 Å². The van der Waals surface area contributed by atoms with Crippen molar-refractivity contribution >= 4 is 0 Å². The quantitative estimate of drug-likeness (QED) is 0.240. The lowest BCUT2D eigenvalue weighted by Crippen LogP contribution is -2.41. The van der Waals surface area contributed by atoms with Gasteiger partial charge in [0.05, 0.1) is 24.7 Å². The third-order valence-corrected chi connectivity index (χ3v) is 10.1. The smallest absolute Gasteiger partial charge is 0.199 e. The van der Waals surface area contributed by atoms with Crippen LogP contribution >= 0.6 is 0 Å². The highest BCUT2D eigenvalue weighted by Gasteiger charge is 2.49. The molecule has 1 N–H and O–H groups in total. The second-order valence-electron chi connectivity index (χ2n) is 14.0. The molecule has 0 amide bonds.